The molecule has 0 aliphatic rings. The zero-order valence-corrected chi connectivity index (χ0v) is 9.36. The molecule has 0 aromatic carbocycles. The second-order valence-electron chi connectivity index (χ2n) is 3.07. The lowest BCUT2D eigenvalue weighted by Gasteiger charge is -2.26. The number of halogens is 1. The van der Waals surface area contributed by atoms with Crippen molar-refractivity contribution in [2.45, 2.75) is 31.7 Å². The summed E-state index contributed by atoms with van der Waals surface area (Å²) >= 11 is 5.58. The molecule has 0 rings (SSSR count). The number of hydrogen-bond donors (Lipinski definition) is 1. The first-order chi connectivity index (χ1) is 6.91. The van der Waals surface area contributed by atoms with E-state index in [1.54, 1.807) is 0 Å². The number of carboxylic acids is 1. The fourth-order valence-corrected chi connectivity index (χ4v) is 1.15. The van der Waals surface area contributed by atoms with Gasteiger partial charge in [0.25, 0.3) is 0 Å². The topological polar surface area (TPSA) is 81.4 Å². The SMILES string of the molecule is CC(Cl)C(=O)N(CCC#N)C(C)C(=O)O. The molecule has 0 radical (unpaired) electrons. The summed E-state index contributed by atoms with van der Waals surface area (Å²) in [6.45, 7) is 2.94. The van der Waals surface area contributed by atoms with Crippen molar-refractivity contribution < 1.29 is 14.7 Å². The zero-order valence-electron chi connectivity index (χ0n) is 8.61. The summed E-state index contributed by atoms with van der Waals surface area (Å²) in [6, 6.07) is 0.890. The first-order valence-corrected chi connectivity index (χ1v) is 4.89. The molecule has 0 aliphatic carbocycles. The molecular weight excluding hydrogens is 220 g/mol. The second-order valence-corrected chi connectivity index (χ2v) is 3.72. The van der Waals surface area contributed by atoms with E-state index >= 15 is 0 Å². The third-order valence-corrected chi connectivity index (χ3v) is 2.10. The molecule has 6 heteroatoms. The Morgan fingerprint density at radius 1 is 1.53 bits per heavy atom. The van der Waals surface area contributed by atoms with Gasteiger partial charge in [0.05, 0.1) is 12.5 Å². The van der Waals surface area contributed by atoms with Crippen LogP contribution in [0.1, 0.15) is 20.3 Å². The summed E-state index contributed by atoms with van der Waals surface area (Å²) in [6.07, 6.45) is 0.0902. The molecule has 0 saturated heterocycles. The quantitative estimate of drug-likeness (QED) is 0.712. The molecule has 0 aliphatic heterocycles. The first-order valence-electron chi connectivity index (χ1n) is 4.46. The molecule has 1 amide bonds. The minimum Gasteiger partial charge on any atom is -0.480 e. The average Bonchev–Trinajstić information content (AvgIpc) is 2.17. The van der Waals surface area contributed by atoms with Gasteiger partial charge in [-0.2, -0.15) is 5.26 Å². The second kappa shape index (κ2) is 6.25. The molecule has 0 fully saturated rings. The number of amides is 1. The molecule has 0 heterocycles. The lowest BCUT2D eigenvalue weighted by Crippen LogP contribution is -2.46. The Morgan fingerprint density at radius 3 is 2.40 bits per heavy atom. The van der Waals surface area contributed by atoms with Crippen molar-refractivity contribution >= 4 is 23.5 Å². The summed E-state index contributed by atoms with van der Waals surface area (Å²) < 4.78 is 0. The Morgan fingerprint density at radius 2 is 2.07 bits per heavy atom. The van der Waals surface area contributed by atoms with E-state index in [9.17, 15) is 9.59 Å². The Hall–Kier alpha value is -1.28. The maximum Gasteiger partial charge on any atom is 0.326 e. The molecule has 5 nitrogen and oxygen atoms in total. The van der Waals surface area contributed by atoms with Crippen LogP contribution in [0.25, 0.3) is 0 Å². The summed E-state index contributed by atoms with van der Waals surface area (Å²) in [7, 11) is 0. The number of aliphatic carboxylic acids is 1. The van der Waals surface area contributed by atoms with Crippen LogP contribution in [0.4, 0.5) is 0 Å². The van der Waals surface area contributed by atoms with Crippen LogP contribution in [-0.2, 0) is 9.59 Å². The van der Waals surface area contributed by atoms with Crippen LogP contribution < -0.4 is 0 Å². The van der Waals surface area contributed by atoms with Gasteiger partial charge >= 0.3 is 5.97 Å². The molecule has 0 saturated carbocycles. The number of carboxylic acid groups (broad SMARTS) is 1. The van der Waals surface area contributed by atoms with E-state index in [-0.39, 0.29) is 13.0 Å². The van der Waals surface area contributed by atoms with Gasteiger partial charge in [0, 0.05) is 6.54 Å². The molecule has 0 spiro atoms. The molecule has 0 aromatic rings. The van der Waals surface area contributed by atoms with E-state index in [1.165, 1.54) is 13.8 Å². The van der Waals surface area contributed by atoms with Gasteiger partial charge in [0.15, 0.2) is 0 Å². The van der Waals surface area contributed by atoms with Crippen molar-refractivity contribution in [3.05, 3.63) is 0 Å². The maximum atomic E-state index is 11.5. The molecule has 84 valence electrons. The standard InChI is InChI=1S/C9H13ClN2O3/c1-6(10)8(13)12(5-3-4-11)7(2)9(14)15/h6-7H,3,5H2,1-2H3,(H,14,15). The smallest absolute Gasteiger partial charge is 0.326 e. The van der Waals surface area contributed by atoms with Gasteiger partial charge in [-0.15, -0.1) is 11.6 Å². The van der Waals surface area contributed by atoms with Crippen LogP contribution in [0.5, 0.6) is 0 Å². The van der Waals surface area contributed by atoms with Crippen LogP contribution in [-0.4, -0.2) is 39.8 Å². The highest BCUT2D eigenvalue weighted by Crippen LogP contribution is 2.07. The summed E-state index contributed by atoms with van der Waals surface area (Å²) in [4.78, 5) is 23.3. The first kappa shape index (κ1) is 13.7. The Labute approximate surface area is 93.2 Å². The Balaban J connectivity index is 4.65. The van der Waals surface area contributed by atoms with Crippen LogP contribution >= 0.6 is 11.6 Å². The normalized spacial score (nSPS) is 13.7. The number of nitrogens with zero attached hydrogens (tertiary/aromatic N) is 2. The van der Waals surface area contributed by atoms with Gasteiger partial charge in [-0.1, -0.05) is 0 Å². The van der Waals surface area contributed by atoms with Crippen molar-refractivity contribution in [1.82, 2.24) is 4.90 Å². The van der Waals surface area contributed by atoms with Crippen molar-refractivity contribution in [2.24, 2.45) is 0 Å². The van der Waals surface area contributed by atoms with Crippen molar-refractivity contribution in [2.75, 3.05) is 6.54 Å². The molecule has 15 heavy (non-hydrogen) atoms. The fourth-order valence-electron chi connectivity index (χ4n) is 1.03. The summed E-state index contributed by atoms with van der Waals surface area (Å²) in [5, 5.41) is 16.4. The van der Waals surface area contributed by atoms with Gasteiger partial charge in [0.1, 0.15) is 11.4 Å². The Bertz CT molecular complexity index is 286. The van der Waals surface area contributed by atoms with Gasteiger partial charge in [-0.05, 0) is 13.8 Å². The molecular formula is C9H13ClN2O3. The molecule has 2 unspecified atom stereocenters. The summed E-state index contributed by atoms with van der Waals surface area (Å²) in [5.74, 6) is -1.58. The van der Waals surface area contributed by atoms with Crippen LogP contribution in [0.2, 0.25) is 0 Å². The number of alkyl halides is 1. The van der Waals surface area contributed by atoms with Gasteiger partial charge < -0.3 is 10.0 Å². The zero-order chi connectivity index (χ0) is 12.0. The van der Waals surface area contributed by atoms with E-state index in [4.69, 9.17) is 22.0 Å². The molecule has 1 N–H and O–H groups in total. The van der Waals surface area contributed by atoms with Gasteiger partial charge in [-0.3, -0.25) is 4.79 Å². The van der Waals surface area contributed by atoms with Crippen molar-refractivity contribution in [1.29, 1.82) is 5.26 Å². The van der Waals surface area contributed by atoms with E-state index in [1.807, 2.05) is 6.07 Å². The van der Waals surface area contributed by atoms with E-state index in [2.05, 4.69) is 0 Å². The minimum atomic E-state index is -1.11. The highest BCUT2D eigenvalue weighted by atomic mass is 35.5. The van der Waals surface area contributed by atoms with Crippen LogP contribution in [0.3, 0.4) is 0 Å². The minimum absolute atomic E-state index is 0.0832. The van der Waals surface area contributed by atoms with E-state index < -0.39 is 23.3 Å². The molecule has 0 bridgehead atoms. The summed E-state index contributed by atoms with van der Waals surface area (Å²) in [5.41, 5.74) is 0. The van der Waals surface area contributed by atoms with Gasteiger partial charge in [0.2, 0.25) is 5.91 Å². The third kappa shape index (κ3) is 4.17. The van der Waals surface area contributed by atoms with Crippen LogP contribution in [0, 0.1) is 11.3 Å². The predicted octanol–water partition coefficient (Wildman–Crippen LogP) is 0.829. The van der Waals surface area contributed by atoms with E-state index in [0.717, 1.165) is 4.90 Å². The molecule has 2 atom stereocenters. The third-order valence-electron chi connectivity index (χ3n) is 1.91. The van der Waals surface area contributed by atoms with E-state index in [0.29, 0.717) is 0 Å². The Kier molecular flexibility index (Phi) is 5.72. The fraction of sp³-hybridized carbons (Fsp3) is 0.667. The lowest BCUT2D eigenvalue weighted by atomic mass is 10.2. The van der Waals surface area contributed by atoms with Crippen LogP contribution in [0.15, 0.2) is 0 Å². The predicted molar refractivity (Wildman–Crippen MR) is 54.4 cm³/mol. The average molecular weight is 233 g/mol. The monoisotopic (exact) mass is 232 g/mol. The number of hydrogen-bond acceptors (Lipinski definition) is 3. The number of carbonyl (C=O) groups excluding carboxylic acids is 1. The lowest BCUT2D eigenvalue weighted by molar-refractivity contribution is -0.149. The number of rotatable bonds is 5. The number of nitriles is 1. The molecule has 0 aromatic heterocycles. The van der Waals surface area contributed by atoms with Crippen molar-refractivity contribution in [3.63, 3.8) is 0 Å². The highest BCUT2D eigenvalue weighted by Gasteiger charge is 2.27. The highest BCUT2D eigenvalue weighted by molar-refractivity contribution is 6.30. The largest absolute Gasteiger partial charge is 0.480 e. The maximum absolute atomic E-state index is 11.5. The van der Waals surface area contributed by atoms with Crippen molar-refractivity contribution in [3.8, 4) is 6.07 Å². The van der Waals surface area contributed by atoms with Gasteiger partial charge in [-0.25, -0.2) is 4.79 Å². The number of carbonyl (C=O) groups is 2.